The Hall–Kier alpha value is -3.28. The van der Waals surface area contributed by atoms with E-state index in [9.17, 15) is 9.59 Å². The van der Waals surface area contributed by atoms with Gasteiger partial charge in [0.1, 0.15) is 11.5 Å². The highest BCUT2D eigenvalue weighted by Gasteiger charge is 2.52. The Morgan fingerprint density at radius 3 is 1.10 bits per heavy atom. The van der Waals surface area contributed by atoms with Crippen molar-refractivity contribution in [3.05, 3.63) is 48.5 Å². The number of fused-ring (bicyclic) bond motifs is 2. The summed E-state index contributed by atoms with van der Waals surface area (Å²) in [5, 5.41) is 4.11. The fourth-order valence-corrected chi connectivity index (χ4v) is 13.0. The zero-order chi connectivity index (χ0) is 35.1. The van der Waals surface area contributed by atoms with Gasteiger partial charge in [-0.1, -0.05) is 48.5 Å². The lowest BCUT2D eigenvalue weighted by molar-refractivity contribution is -0.156. The molecule has 6 heteroatoms. The standard InChI is InChI=1S/C46H58O6/c47-41(51-29-45-23-31-17-32(24-45)19-33(18-31)25-45)13-5-7-15-49-43-37-9-1-2-10-38(37)44(40-12-4-3-11-39(40)43)50-16-8-6-14-42(48)52-30-46-26-34-20-35(27-46)22-36(21-34)28-46/h1-4,9-12,31-36H,5-8,13-30H2. The molecule has 0 unspecified atom stereocenters. The average Bonchev–Trinajstić information content (AvgIpc) is 3.12. The van der Waals surface area contributed by atoms with E-state index in [1.54, 1.807) is 0 Å². The SMILES string of the molecule is O=C(CCCCOc1c2ccccc2c(OCCCCC(=O)OCC23CC4CC(CC(C4)C2)C3)c2ccccc12)OCC12CC3CC(CC(C3)C1)C2. The minimum atomic E-state index is -0.0532. The minimum Gasteiger partial charge on any atom is -0.492 e. The van der Waals surface area contributed by atoms with Crippen LogP contribution in [0.1, 0.15) is 116 Å². The molecule has 0 amide bonds. The van der Waals surface area contributed by atoms with Gasteiger partial charge in [0.05, 0.1) is 26.4 Å². The van der Waals surface area contributed by atoms with Gasteiger partial charge in [-0.3, -0.25) is 9.59 Å². The van der Waals surface area contributed by atoms with Crippen molar-refractivity contribution < 1.29 is 28.5 Å². The van der Waals surface area contributed by atoms with Gasteiger partial charge in [0.15, 0.2) is 0 Å². The molecule has 8 aliphatic rings. The number of carbonyl (C=O) groups excluding carboxylic acids is 2. The van der Waals surface area contributed by atoms with Crippen LogP contribution in [-0.4, -0.2) is 38.4 Å². The third-order valence-electron chi connectivity index (χ3n) is 14.3. The van der Waals surface area contributed by atoms with Crippen LogP contribution in [0.15, 0.2) is 48.5 Å². The Labute approximate surface area is 309 Å². The van der Waals surface area contributed by atoms with E-state index in [1.165, 1.54) is 77.0 Å². The summed E-state index contributed by atoms with van der Waals surface area (Å²) in [6, 6.07) is 16.6. The van der Waals surface area contributed by atoms with Gasteiger partial charge in [0.25, 0.3) is 0 Å². The Morgan fingerprint density at radius 1 is 0.481 bits per heavy atom. The van der Waals surface area contributed by atoms with Crippen LogP contribution in [0.2, 0.25) is 0 Å². The zero-order valence-electron chi connectivity index (χ0n) is 31.1. The fraction of sp³-hybridized carbons (Fsp3) is 0.652. The maximum absolute atomic E-state index is 12.8. The summed E-state index contributed by atoms with van der Waals surface area (Å²) in [7, 11) is 0. The molecule has 0 aromatic heterocycles. The monoisotopic (exact) mass is 706 g/mol. The highest BCUT2D eigenvalue weighted by molar-refractivity contribution is 6.11. The predicted molar refractivity (Wildman–Crippen MR) is 203 cm³/mol. The molecule has 8 saturated carbocycles. The third kappa shape index (κ3) is 7.17. The lowest BCUT2D eigenvalue weighted by Gasteiger charge is -2.56. The van der Waals surface area contributed by atoms with E-state index in [0.29, 0.717) is 39.3 Å². The molecule has 0 saturated heterocycles. The fourth-order valence-electron chi connectivity index (χ4n) is 13.0. The van der Waals surface area contributed by atoms with Gasteiger partial charge in [-0.25, -0.2) is 0 Å². The predicted octanol–water partition coefficient (Wildman–Crippen LogP) is 10.6. The lowest BCUT2D eigenvalue weighted by Crippen LogP contribution is -2.48. The molecule has 0 heterocycles. The second kappa shape index (κ2) is 14.5. The van der Waals surface area contributed by atoms with Crippen molar-refractivity contribution in [3.63, 3.8) is 0 Å². The number of unbranched alkanes of at least 4 members (excludes halogenated alkanes) is 2. The Bertz CT molecular complexity index is 1520. The molecule has 0 aliphatic heterocycles. The molecule has 8 fully saturated rings. The number of esters is 2. The molecule has 0 N–H and O–H groups in total. The van der Waals surface area contributed by atoms with Gasteiger partial charge in [0.2, 0.25) is 0 Å². The van der Waals surface area contributed by atoms with Gasteiger partial charge in [-0.2, -0.15) is 0 Å². The lowest BCUT2D eigenvalue weighted by atomic mass is 9.50. The molecular formula is C46H58O6. The molecule has 11 rings (SSSR count). The maximum Gasteiger partial charge on any atom is 0.305 e. The summed E-state index contributed by atoms with van der Waals surface area (Å²) in [6.45, 7) is 2.34. The highest BCUT2D eigenvalue weighted by atomic mass is 16.5. The molecular weight excluding hydrogens is 648 g/mol. The van der Waals surface area contributed by atoms with Crippen LogP contribution in [0.5, 0.6) is 11.5 Å². The van der Waals surface area contributed by atoms with Gasteiger partial charge in [-0.15, -0.1) is 0 Å². The molecule has 3 aromatic carbocycles. The molecule has 3 aromatic rings. The summed E-state index contributed by atoms with van der Waals surface area (Å²) in [5.41, 5.74) is 0.541. The van der Waals surface area contributed by atoms with Crippen molar-refractivity contribution >= 4 is 33.5 Å². The van der Waals surface area contributed by atoms with Gasteiger partial charge >= 0.3 is 11.9 Å². The maximum atomic E-state index is 12.8. The second-order valence-corrected chi connectivity index (χ2v) is 18.5. The molecule has 6 nitrogen and oxygen atoms in total. The Morgan fingerprint density at radius 2 is 0.788 bits per heavy atom. The first-order valence-electron chi connectivity index (χ1n) is 20.9. The average molecular weight is 707 g/mol. The summed E-state index contributed by atoms with van der Waals surface area (Å²) in [5.74, 6) is 6.86. The highest BCUT2D eigenvalue weighted by Crippen LogP contribution is 2.61. The van der Waals surface area contributed by atoms with E-state index in [-0.39, 0.29) is 22.8 Å². The molecule has 8 aliphatic carbocycles. The molecule has 8 bridgehead atoms. The van der Waals surface area contributed by atoms with Crippen LogP contribution >= 0.6 is 0 Å². The summed E-state index contributed by atoms with van der Waals surface area (Å²) in [6.07, 6.45) is 20.1. The van der Waals surface area contributed by atoms with Crippen LogP contribution in [0.4, 0.5) is 0 Å². The van der Waals surface area contributed by atoms with Crippen molar-refractivity contribution in [1.29, 1.82) is 0 Å². The Kier molecular flexibility index (Phi) is 9.62. The first kappa shape index (κ1) is 34.5. The third-order valence-corrected chi connectivity index (χ3v) is 14.3. The van der Waals surface area contributed by atoms with Crippen LogP contribution in [0.25, 0.3) is 21.5 Å². The quantitative estimate of drug-likeness (QED) is 0.0839. The van der Waals surface area contributed by atoms with Crippen LogP contribution in [0, 0.1) is 46.3 Å². The summed E-state index contributed by atoms with van der Waals surface area (Å²) in [4.78, 5) is 25.5. The first-order valence-corrected chi connectivity index (χ1v) is 20.9. The molecule has 52 heavy (non-hydrogen) atoms. The normalized spacial score (nSPS) is 32.4. The van der Waals surface area contributed by atoms with Gasteiger partial charge < -0.3 is 18.9 Å². The van der Waals surface area contributed by atoms with Gasteiger partial charge in [-0.05, 0) is 138 Å². The van der Waals surface area contributed by atoms with Crippen molar-refractivity contribution in [2.24, 2.45) is 46.3 Å². The van der Waals surface area contributed by atoms with E-state index < -0.39 is 0 Å². The van der Waals surface area contributed by atoms with Crippen LogP contribution in [0.3, 0.4) is 0 Å². The van der Waals surface area contributed by atoms with E-state index in [2.05, 4.69) is 24.3 Å². The van der Waals surface area contributed by atoms with Crippen molar-refractivity contribution in [1.82, 2.24) is 0 Å². The smallest absolute Gasteiger partial charge is 0.305 e. The largest absolute Gasteiger partial charge is 0.492 e. The summed E-state index contributed by atoms with van der Waals surface area (Å²) >= 11 is 0. The van der Waals surface area contributed by atoms with E-state index in [4.69, 9.17) is 18.9 Å². The molecule has 0 atom stereocenters. The number of hydrogen-bond donors (Lipinski definition) is 0. The van der Waals surface area contributed by atoms with E-state index in [0.717, 1.165) is 94.2 Å². The number of carbonyl (C=O) groups is 2. The molecule has 278 valence electrons. The number of benzene rings is 3. The van der Waals surface area contributed by atoms with E-state index >= 15 is 0 Å². The topological polar surface area (TPSA) is 71.1 Å². The second-order valence-electron chi connectivity index (χ2n) is 18.5. The number of hydrogen-bond acceptors (Lipinski definition) is 6. The molecule has 0 radical (unpaired) electrons. The van der Waals surface area contributed by atoms with Crippen LogP contribution in [-0.2, 0) is 19.1 Å². The van der Waals surface area contributed by atoms with Gasteiger partial charge in [0, 0.05) is 45.2 Å². The number of rotatable bonds is 16. The minimum absolute atomic E-state index is 0.0532. The Balaban J connectivity index is 0.747. The van der Waals surface area contributed by atoms with E-state index in [1.807, 2.05) is 24.3 Å². The molecule has 0 spiro atoms. The summed E-state index contributed by atoms with van der Waals surface area (Å²) < 4.78 is 24.8. The first-order chi connectivity index (χ1) is 25.4. The number of ether oxygens (including phenoxy) is 4. The van der Waals surface area contributed by atoms with Crippen LogP contribution < -0.4 is 9.47 Å². The van der Waals surface area contributed by atoms with Crippen molar-refractivity contribution in [3.8, 4) is 11.5 Å². The zero-order valence-corrected chi connectivity index (χ0v) is 31.1. The van der Waals surface area contributed by atoms with Crippen molar-refractivity contribution in [2.45, 2.75) is 116 Å². The van der Waals surface area contributed by atoms with Crippen molar-refractivity contribution in [2.75, 3.05) is 26.4 Å².